The molecule has 42 heavy (non-hydrogen) atoms. The second kappa shape index (κ2) is 16.7. The third kappa shape index (κ3) is 10.5. The van der Waals surface area contributed by atoms with E-state index in [0.717, 1.165) is 11.1 Å². The number of aromatic nitrogens is 2. The normalized spacial score (nSPS) is 13.8. The van der Waals surface area contributed by atoms with Gasteiger partial charge in [-0.15, -0.1) is 0 Å². The Hall–Kier alpha value is -4.55. The highest BCUT2D eigenvalue weighted by atomic mass is 16.4. The fourth-order valence-corrected chi connectivity index (χ4v) is 4.42. The van der Waals surface area contributed by atoms with Crippen molar-refractivity contribution in [2.75, 3.05) is 6.54 Å². The molecular formula is C30H39N7O5. The highest BCUT2D eigenvalue weighted by molar-refractivity contribution is 5.94. The molecule has 224 valence electrons. The molecule has 4 atom stereocenters. The maximum atomic E-state index is 13.5. The fourth-order valence-electron chi connectivity index (χ4n) is 4.42. The predicted molar refractivity (Wildman–Crippen MR) is 157 cm³/mol. The van der Waals surface area contributed by atoms with Crippen LogP contribution in [-0.4, -0.2) is 69.5 Å². The smallest absolute Gasteiger partial charge is 0.326 e. The molecule has 0 saturated heterocycles. The lowest BCUT2D eigenvalue weighted by Gasteiger charge is -2.25. The number of carbonyl (C=O) groups is 4. The number of carboxylic acids is 1. The van der Waals surface area contributed by atoms with Gasteiger partial charge in [-0.2, -0.15) is 0 Å². The number of unbranched alkanes of at least 4 members (excludes halogenated alkanes) is 1. The molecule has 12 nitrogen and oxygen atoms in total. The lowest BCUT2D eigenvalue weighted by molar-refractivity contribution is -0.142. The number of nitrogens with two attached hydrogens (primary N) is 2. The minimum atomic E-state index is -1.21. The van der Waals surface area contributed by atoms with E-state index in [0.29, 0.717) is 25.1 Å². The van der Waals surface area contributed by atoms with Gasteiger partial charge in [-0.25, -0.2) is 9.78 Å². The Labute approximate surface area is 244 Å². The largest absolute Gasteiger partial charge is 0.480 e. The minimum Gasteiger partial charge on any atom is -0.480 e. The van der Waals surface area contributed by atoms with Gasteiger partial charge in [-0.05, 0) is 36.9 Å². The van der Waals surface area contributed by atoms with Gasteiger partial charge >= 0.3 is 5.97 Å². The van der Waals surface area contributed by atoms with E-state index < -0.39 is 47.9 Å². The zero-order chi connectivity index (χ0) is 30.3. The highest BCUT2D eigenvalue weighted by Crippen LogP contribution is 2.09. The van der Waals surface area contributed by atoms with Crippen molar-refractivity contribution in [3.63, 3.8) is 0 Å². The summed E-state index contributed by atoms with van der Waals surface area (Å²) in [6.07, 6.45) is 4.88. The molecule has 3 aromatic rings. The van der Waals surface area contributed by atoms with E-state index in [4.69, 9.17) is 11.5 Å². The summed E-state index contributed by atoms with van der Waals surface area (Å²) in [5, 5.41) is 17.8. The SMILES string of the molecule is NCCCCC(NC(=O)C(N)Cc1cnc[nH]1)C(=O)NC(Cc1ccccc1)C(=O)NC(Cc1ccccc1)C(=O)O. The number of H-pyrrole nitrogens is 1. The third-order valence-corrected chi connectivity index (χ3v) is 6.72. The van der Waals surface area contributed by atoms with Gasteiger partial charge in [0.15, 0.2) is 0 Å². The molecule has 0 aliphatic heterocycles. The van der Waals surface area contributed by atoms with Gasteiger partial charge in [0.2, 0.25) is 17.7 Å². The van der Waals surface area contributed by atoms with Gasteiger partial charge in [0.1, 0.15) is 18.1 Å². The number of hydrogen-bond donors (Lipinski definition) is 7. The van der Waals surface area contributed by atoms with Crippen LogP contribution in [-0.2, 0) is 38.4 Å². The summed E-state index contributed by atoms with van der Waals surface area (Å²) in [7, 11) is 0. The maximum absolute atomic E-state index is 13.5. The van der Waals surface area contributed by atoms with Crippen LogP contribution in [0.25, 0.3) is 0 Å². The standard InChI is InChI=1S/C30H39N7O5/c31-14-8-7-13-24(35-27(38)23(32)17-22-18-33-19-34-22)28(39)36-25(15-20-9-3-1-4-10-20)29(40)37-26(30(41)42)16-21-11-5-2-6-12-21/h1-6,9-12,18-19,23-26H,7-8,13-17,31-32H2,(H,33,34)(H,35,38)(H,36,39)(H,37,40)(H,41,42). The molecule has 0 bridgehead atoms. The Morgan fingerprint density at radius 2 is 1.31 bits per heavy atom. The van der Waals surface area contributed by atoms with Gasteiger partial charge in [-0.3, -0.25) is 14.4 Å². The zero-order valence-corrected chi connectivity index (χ0v) is 23.4. The zero-order valence-electron chi connectivity index (χ0n) is 23.4. The van der Waals surface area contributed by atoms with Crippen molar-refractivity contribution in [1.82, 2.24) is 25.9 Å². The first-order chi connectivity index (χ1) is 20.3. The summed E-state index contributed by atoms with van der Waals surface area (Å²) < 4.78 is 0. The number of imidazole rings is 1. The predicted octanol–water partition coefficient (Wildman–Crippen LogP) is 0.433. The van der Waals surface area contributed by atoms with Crippen molar-refractivity contribution in [2.24, 2.45) is 11.5 Å². The van der Waals surface area contributed by atoms with Crippen LogP contribution < -0.4 is 27.4 Å². The number of nitrogens with one attached hydrogen (secondary N) is 4. The minimum absolute atomic E-state index is 0.0694. The monoisotopic (exact) mass is 577 g/mol. The number of carboxylic acid groups (broad SMARTS) is 1. The number of amides is 3. The molecule has 0 spiro atoms. The van der Waals surface area contributed by atoms with Crippen LogP contribution in [0.4, 0.5) is 0 Å². The quantitative estimate of drug-likeness (QED) is 0.112. The van der Waals surface area contributed by atoms with Gasteiger partial charge < -0.3 is 37.5 Å². The van der Waals surface area contributed by atoms with Crippen LogP contribution in [0.15, 0.2) is 73.2 Å². The number of aromatic amines is 1. The van der Waals surface area contributed by atoms with Gasteiger partial charge in [0.05, 0.1) is 12.4 Å². The van der Waals surface area contributed by atoms with E-state index in [2.05, 4.69) is 25.9 Å². The van der Waals surface area contributed by atoms with Crippen molar-refractivity contribution in [2.45, 2.75) is 62.7 Å². The highest BCUT2D eigenvalue weighted by Gasteiger charge is 2.30. The first kappa shape index (κ1) is 32.0. The molecule has 0 radical (unpaired) electrons. The third-order valence-electron chi connectivity index (χ3n) is 6.72. The number of rotatable bonds is 17. The average molecular weight is 578 g/mol. The molecule has 1 heterocycles. The van der Waals surface area contributed by atoms with Gasteiger partial charge in [0.25, 0.3) is 0 Å². The van der Waals surface area contributed by atoms with Crippen LogP contribution >= 0.6 is 0 Å². The summed E-state index contributed by atoms with van der Waals surface area (Å²) in [6.45, 7) is 0.415. The number of aliphatic carboxylic acids is 1. The van der Waals surface area contributed by atoms with Crippen molar-refractivity contribution in [1.29, 1.82) is 0 Å². The number of carbonyl (C=O) groups excluding carboxylic acids is 3. The Balaban J connectivity index is 1.76. The molecule has 3 rings (SSSR count). The molecule has 0 saturated carbocycles. The summed E-state index contributed by atoms with van der Waals surface area (Å²) in [6, 6.07) is 13.7. The Kier molecular flexibility index (Phi) is 12.7. The van der Waals surface area contributed by atoms with Crippen molar-refractivity contribution < 1.29 is 24.3 Å². The molecule has 0 fully saturated rings. The van der Waals surface area contributed by atoms with Gasteiger partial charge in [0, 0.05) is 31.2 Å². The maximum Gasteiger partial charge on any atom is 0.326 e. The number of hydrogen-bond acceptors (Lipinski definition) is 7. The topological polar surface area (TPSA) is 205 Å². The lowest BCUT2D eigenvalue weighted by Crippen LogP contribution is -2.58. The Morgan fingerprint density at radius 1 is 0.762 bits per heavy atom. The Bertz CT molecular complexity index is 1270. The van der Waals surface area contributed by atoms with E-state index in [1.165, 1.54) is 6.33 Å². The molecular weight excluding hydrogens is 538 g/mol. The average Bonchev–Trinajstić information content (AvgIpc) is 3.50. The van der Waals surface area contributed by atoms with Gasteiger partial charge in [-0.1, -0.05) is 60.7 Å². The summed E-state index contributed by atoms with van der Waals surface area (Å²) in [5.74, 6) is -2.97. The van der Waals surface area contributed by atoms with Crippen molar-refractivity contribution >= 4 is 23.7 Å². The number of nitrogens with zero attached hydrogens (tertiary/aromatic N) is 1. The van der Waals surface area contributed by atoms with Crippen LogP contribution in [0, 0.1) is 0 Å². The van der Waals surface area contributed by atoms with Crippen LogP contribution in [0.5, 0.6) is 0 Å². The van der Waals surface area contributed by atoms with Crippen molar-refractivity contribution in [3.05, 3.63) is 90.0 Å². The van der Waals surface area contributed by atoms with E-state index in [-0.39, 0.29) is 25.7 Å². The first-order valence-electron chi connectivity index (χ1n) is 13.9. The van der Waals surface area contributed by atoms with Crippen LogP contribution in [0.2, 0.25) is 0 Å². The molecule has 1 aromatic heterocycles. The van der Waals surface area contributed by atoms with E-state index in [1.54, 1.807) is 54.7 Å². The first-order valence-corrected chi connectivity index (χ1v) is 13.9. The van der Waals surface area contributed by atoms with Crippen LogP contribution in [0.1, 0.15) is 36.1 Å². The molecule has 4 unspecified atom stereocenters. The summed E-state index contributed by atoms with van der Waals surface area (Å²) >= 11 is 0. The molecule has 0 aliphatic rings. The molecule has 9 N–H and O–H groups in total. The second-order valence-corrected chi connectivity index (χ2v) is 10.1. The summed E-state index contributed by atoms with van der Waals surface area (Å²) in [5.41, 5.74) is 13.9. The molecule has 2 aromatic carbocycles. The Morgan fingerprint density at radius 3 is 1.86 bits per heavy atom. The van der Waals surface area contributed by atoms with Crippen LogP contribution in [0.3, 0.4) is 0 Å². The molecule has 0 aliphatic carbocycles. The van der Waals surface area contributed by atoms with E-state index >= 15 is 0 Å². The lowest BCUT2D eigenvalue weighted by atomic mass is 10.0. The molecule has 3 amide bonds. The van der Waals surface area contributed by atoms with E-state index in [9.17, 15) is 24.3 Å². The van der Waals surface area contributed by atoms with E-state index in [1.807, 2.05) is 12.1 Å². The number of benzene rings is 2. The van der Waals surface area contributed by atoms with Crippen molar-refractivity contribution in [3.8, 4) is 0 Å². The second-order valence-electron chi connectivity index (χ2n) is 10.1. The summed E-state index contributed by atoms with van der Waals surface area (Å²) in [4.78, 5) is 58.7. The fraction of sp³-hybridized carbons (Fsp3) is 0.367. The molecule has 12 heteroatoms.